The van der Waals surface area contributed by atoms with Crippen molar-refractivity contribution in [2.24, 2.45) is 0 Å². The van der Waals surface area contributed by atoms with Crippen LogP contribution in [0.2, 0.25) is 0 Å². The molecule has 1 aliphatic rings. The first kappa shape index (κ1) is 11.1. The molecule has 0 fully saturated rings. The first-order valence-corrected chi connectivity index (χ1v) is 7.38. The van der Waals surface area contributed by atoms with Gasteiger partial charge in [-0.3, -0.25) is 0 Å². The van der Waals surface area contributed by atoms with Crippen LogP contribution in [0.1, 0.15) is 21.7 Å². The molecule has 0 aliphatic heterocycles. The summed E-state index contributed by atoms with van der Waals surface area (Å²) in [4.78, 5) is 7.36. The fraction of sp³-hybridized carbons (Fsp3) is 0.267. The van der Waals surface area contributed by atoms with Crippen molar-refractivity contribution in [2.75, 3.05) is 5.32 Å². The molecule has 3 aromatic heterocycles. The largest absolute Gasteiger partial charge is 0.464 e. The van der Waals surface area contributed by atoms with Crippen LogP contribution in [0.15, 0.2) is 35.1 Å². The Labute approximate surface area is 115 Å². The van der Waals surface area contributed by atoms with Gasteiger partial charge in [-0.25, -0.2) is 4.98 Å². The Morgan fingerprint density at radius 3 is 3.26 bits per heavy atom. The Morgan fingerprint density at radius 2 is 2.32 bits per heavy atom. The van der Waals surface area contributed by atoms with E-state index in [0.717, 1.165) is 23.3 Å². The smallest absolute Gasteiger partial charge is 0.139 e. The van der Waals surface area contributed by atoms with E-state index >= 15 is 0 Å². The summed E-state index contributed by atoms with van der Waals surface area (Å²) in [5.41, 5.74) is 2.43. The third kappa shape index (κ3) is 1.92. The summed E-state index contributed by atoms with van der Waals surface area (Å²) < 4.78 is 5.38. The Kier molecular flexibility index (Phi) is 2.55. The molecule has 0 saturated heterocycles. The Hall–Kier alpha value is -1.81. The van der Waals surface area contributed by atoms with Gasteiger partial charge in [-0.05, 0) is 43.0 Å². The highest BCUT2D eigenvalue weighted by molar-refractivity contribution is 7.12. The molecule has 0 radical (unpaired) electrons. The van der Waals surface area contributed by atoms with Gasteiger partial charge >= 0.3 is 0 Å². The first-order chi connectivity index (χ1) is 9.40. The van der Waals surface area contributed by atoms with E-state index in [-0.39, 0.29) is 0 Å². The molecule has 3 heterocycles. The van der Waals surface area contributed by atoms with Gasteiger partial charge < -0.3 is 9.73 Å². The lowest BCUT2D eigenvalue weighted by Crippen LogP contribution is -1.99. The summed E-state index contributed by atoms with van der Waals surface area (Å²) in [5.74, 6) is 0.903. The van der Waals surface area contributed by atoms with Gasteiger partial charge in [-0.2, -0.15) is 0 Å². The number of rotatable bonds is 3. The summed E-state index contributed by atoms with van der Waals surface area (Å²) in [6.07, 6.45) is 7.32. The number of aromatic nitrogens is 1. The van der Waals surface area contributed by atoms with Crippen molar-refractivity contribution < 1.29 is 4.42 Å². The monoisotopic (exact) mass is 270 g/mol. The SMILES string of the molecule is c1cc2occc2c(NCc2cc3c(s2)CCC3)n1. The molecule has 0 spiro atoms. The fourth-order valence-corrected chi connectivity index (χ4v) is 3.88. The number of pyridine rings is 1. The molecule has 3 nitrogen and oxygen atoms in total. The minimum atomic E-state index is 0.842. The van der Waals surface area contributed by atoms with E-state index in [4.69, 9.17) is 4.42 Å². The van der Waals surface area contributed by atoms with Gasteiger partial charge in [-0.1, -0.05) is 0 Å². The van der Waals surface area contributed by atoms with Gasteiger partial charge in [0, 0.05) is 16.0 Å². The zero-order valence-corrected chi connectivity index (χ0v) is 11.3. The second kappa shape index (κ2) is 4.38. The summed E-state index contributed by atoms with van der Waals surface area (Å²) in [5, 5.41) is 4.47. The minimum absolute atomic E-state index is 0.842. The molecule has 1 aliphatic carbocycles. The van der Waals surface area contributed by atoms with Crippen molar-refractivity contribution in [1.29, 1.82) is 0 Å². The number of thiophene rings is 1. The summed E-state index contributed by atoms with van der Waals surface area (Å²) in [6, 6.07) is 6.19. The van der Waals surface area contributed by atoms with Crippen LogP contribution in [0, 0.1) is 0 Å². The van der Waals surface area contributed by atoms with Crippen molar-refractivity contribution in [3.05, 3.63) is 46.0 Å². The molecule has 96 valence electrons. The highest BCUT2D eigenvalue weighted by Crippen LogP contribution is 2.31. The number of hydrogen-bond acceptors (Lipinski definition) is 4. The molecule has 19 heavy (non-hydrogen) atoms. The third-order valence-corrected chi connectivity index (χ3v) is 4.84. The van der Waals surface area contributed by atoms with Gasteiger partial charge in [0.15, 0.2) is 0 Å². The van der Waals surface area contributed by atoms with E-state index in [2.05, 4.69) is 16.4 Å². The maximum atomic E-state index is 5.38. The Bertz CT molecular complexity index is 707. The van der Waals surface area contributed by atoms with Gasteiger partial charge in [0.25, 0.3) is 0 Å². The zero-order valence-electron chi connectivity index (χ0n) is 10.5. The Balaban J connectivity index is 1.56. The second-order valence-corrected chi connectivity index (χ2v) is 6.08. The summed E-state index contributed by atoms with van der Waals surface area (Å²) in [6.45, 7) is 0.842. The molecule has 1 N–H and O–H groups in total. The maximum Gasteiger partial charge on any atom is 0.139 e. The van der Waals surface area contributed by atoms with E-state index in [1.54, 1.807) is 22.9 Å². The van der Waals surface area contributed by atoms with Gasteiger partial charge in [0.2, 0.25) is 0 Å². The van der Waals surface area contributed by atoms with E-state index in [1.807, 2.05) is 23.5 Å². The molecule has 4 rings (SSSR count). The number of anilines is 1. The number of nitrogens with zero attached hydrogens (tertiary/aromatic N) is 1. The van der Waals surface area contributed by atoms with Crippen LogP contribution in [0.3, 0.4) is 0 Å². The van der Waals surface area contributed by atoms with Crippen molar-refractivity contribution >= 4 is 28.1 Å². The van der Waals surface area contributed by atoms with Crippen molar-refractivity contribution in [1.82, 2.24) is 4.98 Å². The number of furan rings is 1. The van der Waals surface area contributed by atoms with Crippen LogP contribution < -0.4 is 5.32 Å². The second-order valence-electron chi connectivity index (χ2n) is 4.86. The predicted molar refractivity (Wildman–Crippen MR) is 77.7 cm³/mol. The van der Waals surface area contributed by atoms with E-state index in [9.17, 15) is 0 Å². The van der Waals surface area contributed by atoms with Crippen molar-refractivity contribution in [3.8, 4) is 0 Å². The normalized spacial score (nSPS) is 13.9. The van der Waals surface area contributed by atoms with Gasteiger partial charge in [-0.15, -0.1) is 11.3 Å². The molecule has 0 amide bonds. The van der Waals surface area contributed by atoms with Crippen LogP contribution in [-0.2, 0) is 19.4 Å². The highest BCUT2D eigenvalue weighted by Gasteiger charge is 2.14. The van der Waals surface area contributed by atoms with Crippen molar-refractivity contribution in [3.63, 3.8) is 0 Å². The number of fused-ring (bicyclic) bond motifs is 2. The zero-order chi connectivity index (χ0) is 12.7. The minimum Gasteiger partial charge on any atom is -0.464 e. The van der Waals surface area contributed by atoms with E-state index < -0.39 is 0 Å². The molecule has 3 aromatic rings. The molecular weight excluding hydrogens is 256 g/mol. The number of hydrogen-bond donors (Lipinski definition) is 1. The molecule has 0 bridgehead atoms. The topological polar surface area (TPSA) is 38.1 Å². The lowest BCUT2D eigenvalue weighted by atomic mass is 10.2. The first-order valence-electron chi connectivity index (χ1n) is 6.57. The summed E-state index contributed by atoms with van der Waals surface area (Å²) >= 11 is 1.93. The van der Waals surface area contributed by atoms with Crippen LogP contribution >= 0.6 is 11.3 Å². The fourth-order valence-electron chi connectivity index (χ4n) is 2.68. The van der Waals surface area contributed by atoms with Gasteiger partial charge in [0.1, 0.15) is 11.4 Å². The van der Waals surface area contributed by atoms with Crippen LogP contribution in [0.4, 0.5) is 5.82 Å². The van der Waals surface area contributed by atoms with Crippen LogP contribution in [-0.4, -0.2) is 4.98 Å². The molecule has 0 atom stereocenters. The van der Waals surface area contributed by atoms with Gasteiger partial charge in [0.05, 0.1) is 18.2 Å². The predicted octanol–water partition coefficient (Wildman–Crippen LogP) is 3.99. The molecule has 0 aromatic carbocycles. The molecule has 0 unspecified atom stereocenters. The summed E-state index contributed by atoms with van der Waals surface area (Å²) in [7, 11) is 0. The highest BCUT2D eigenvalue weighted by atomic mass is 32.1. The quantitative estimate of drug-likeness (QED) is 0.782. The third-order valence-electron chi connectivity index (χ3n) is 3.61. The average molecular weight is 270 g/mol. The standard InChI is InChI=1S/C15H14N2OS/c1-2-10-8-11(19-14(10)3-1)9-17-15-12-5-7-18-13(12)4-6-16-15/h4-8H,1-3,9H2,(H,16,17). The lowest BCUT2D eigenvalue weighted by molar-refractivity contribution is 0.615. The number of nitrogens with one attached hydrogen (secondary N) is 1. The van der Waals surface area contributed by atoms with Crippen LogP contribution in [0.25, 0.3) is 11.0 Å². The average Bonchev–Trinajstić information content (AvgIpc) is 3.10. The van der Waals surface area contributed by atoms with Crippen LogP contribution in [0.5, 0.6) is 0 Å². The lowest BCUT2D eigenvalue weighted by Gasteiger charge is -2.04. The molecule has 4 heteroatoms. The van der Waals surface area contributed by atoms with E-state index in [0.29, 0.717) is 0 Å². The van der Waals surface area contributed by atoms with Crippen molar-refractivity contribution in [2.45, 2.75) is 25.8 Å². The van der Waals surface area contributed by atoms with E-state index in [1.165, 1.54) is 24.1 Å². The molecule has 0 saturated carbocycles. The Morgan fingerprint density at radius 1 is 1.32 bits per heavy atom. The maximum absolute atomic E-state index is 5.38. The molecular formula is C15H14N2OS. The number of aryl methyl sites for hydroxylation is 2.